The van der Waals surface area contributed by atoms with Crippen molar-refractivity contribution >= 4 is 28.4 Å². The average molecular weight is 324 g/mol. The number of hydrazone groups is 1. The third-order valence-corrected chi connectivity index (χ3v) is 3.78. The third kappa shape index (κ3) is 3.78. The Morgan fingerprint density at radius 2 is 2.00 bits per heavy atom. The molecule has 0 radical (unpaired) electrons. The predicted octanol–water partition coefficient (Wildman–Crippen LogP) is 4.16. The molecule has 0 atom stereocenters. The molecule has 0 fully saturated rings. The zero-order valence-corrected chi connectivity index (χ0v) is 12.7. The molecule has 0 saturated heterocycles. The maximum atomic E-state index is 10.7. The zero-order chi connectivity index (χ0) is 16.1. The third-order valence-electron chi connectivity index (χ3n) is 3.03. The summed E-state index contributed by atoms with van der Waals surface area (Å²) in [7, 11) is 0. The van der Waals surface area contributed by atoms with Crippen LogP contribution in [0.5, 0.6) is 0 Å². The average Bonchev–Trinajstić information content (AvgIpc) is 3.05. The molecule has 0 aliphatic carbocycles. The summed E-state index contributed by atoms with van der Waals surface area (Å²) in [6.07, 6.45) is 1.52. The van der Waals surface area contributed by atoms with Gasteiger partial charge in [0.2, 0.25) is 5.13 Å². The number of aromatic nitrogens is 1. The molecule has 3 rings (SSSR count). The quantitative estimate of drug-likeness (QED) is 0.434. The summed E-state index contributed by atoms with van der Waals surface area (Å²) in [4.78, 5) is 14.7. The van der Waals surface area contributed by atoms with Crippen molar-refractivity contribution in [2.24, 2.45) is 5.10 Å². The van der Waals surface area contributed by atoms with Crippen LogP contribution in [0.4, 0.5) is 10.8 Å². The van der Waals surface area contributed by atoms with E-state index in [-0.39, 0.29) is 5.69 Å². The monoisotopic (exact) mass is 324 g/mol. The van der Waals surface area contributed by atoms with Crippen LogP contribution >= 0.6 is 11.3 Å². The first kappa shape index (κ1) is 14.9. The van der Waals surface area contributed by atoms with Crippen molar-refractivity contribution < 1.29 is 4.92 Å². The number of nitro benzene ring substituents is 1. The molecule has 0 saturated carbocycles. The summed E-state index contributed by atoms with van der Waals surface area (Å²) in [6.45, 7) is 0. The standard InChI is InChI=1S/C16H12N4O2S/c21-20(22)14-8-4-5-12(9-14)10-17-19-16-18-15(11-23-16)13-6-2-1-3-7-13/h1-11H,(H,18,19)/b17-10-. The summed E-state index contributed by atoms with van der Waals surface area (Å²) in [6, 6.07) is 16.1. The van der Waals surface area contributed by atoms with Gasteiger partial charge in [-0.25, -0.2) is 4.98 Å². The molecular weight excluding hydrogens is 312 g/mol. The van der Waals surface area contributed by atoms with Crippen LogP contribution in [0.2, 0.25) is 0 Å². The number of thiazole rings is 1. The number of hydrogen-bond donors (Lipinski definition) is 1. The van der Waals surface area contributed by atoms with Gasteiger partial charge in [0.05, 0.1) is 16.8 Å². The lowest BCUT2D eigenvalue weighted by atomic mass is 10.2. The number of non-ortho nitro benzene ring substituents is 1. The van der Waals surface area contributed by atoms with E-state index in [0.717, 1.165) is 11.3 Å². The van der Waals surface area contributed by atoms with Crippen LogP contribution in [-0.4, -0.2) is 16.1 Å². The van der Waals surface area contributed by atoms with Gasteiger partial charge in [-0.15, -0.1) is 11.3 Å². The summed E-state index contributed by atoms with van der Waals surface area (Å²) >= 11 is 1.44. The van der Waals surface area contributed by atoms with Gasteiger partial charge in [0.1, 0.15) is 0 Å². The first-order chi connectivity index (χ1) is 11.2. The van der Waals surface area contributed by atoms with E-state index in [4.69, 9.17) is 0 Å². The Balaban J connectivity index is 1.68. The highest BCUT2D eigenvalue weighted by Gasteiger charge is 2.05. The fourth-order valence-electron chi connectivity index (χ4n) is 1.95. The molecule has 0 aliphatic heterocycles. The van der Waals surface area contributed by atoms with Crippen molar-refractivity contribution in [1.82, 2.24) is 4.98 Å². The van der Waals surface area contributed by atoms with Crippen LogP contribution in [0.15, 0.2) is 65.1 Å². The Kier molecular flexibility index (Phi) is 4.39. The minimum atomic E-state index is -0.433. The molecule has 2 aromatic carbocycles. The summed E-state index contributed by atoms with van der Waals surface area (Å²) in [5.74, 6) is 0. The highest BCUT2D eigenvalue weighted by Crippen LogP contribution is 2.24. The van der Waals surface area contributed by atoms with Crippen molar-refractivity contribution in [2.75, 3.05) is 5.43 Å². The van der Waals surface area contributed by atoms with Gasteiger partial charge in [0, 0.05) is 28.6 Å². The second kappa shape index (κ2) is 6.80. The molecule has 0 aliphatic rings. The number of nitrogens with zero attached hydrogens (tertiary/aromatic N) is 3. The molecule has 114 valence electrons. The van der Waals surface area contributed by atoms with Crippen molar-refractivity contribution in [3.8, 4) is 11.3 Å². The molecule has 0 amide bonds. The molecular formula is C16H12N4O2S. The van der Waals surface area contributed by atoms with E-state index in [1.54, 1.807) is 12.1 Å². The van der Waals surface area contributed by atoms with Crippen molar-refractivity contribution in [3.05, 3.63) is 75.7 Å². The van der Waals surface area contributed by atoms with Crippen LogP contribution in [0.3, 0.4) is 0 Å². The summed E-state index contributed by atoms with van der Waals surface area (Å²) in [5, 5.41) is 17.4. The minimum Gasteiger partial charge on any atom is -0.258 e. The van der Waals surface area contributed by atoms with Crippen molar-refractivity contribution in [1.29, 1.82) is 0 Å². The van der Waals surface area contributed by atoms with Gasteiger partial charge in [-0.3, -0.25) is 15.5 Å². The molecule has 23 heavy (non-hydrogen) atoms. The molecule has 0 spiro atoms. The van der Waals surface area contributed by atoms with Gasteiger partial charge in [0.15, 0.2) is 0 Å². The van der Waals surface area contributed by atoms with Crippen molar-refractivity contribution in [2.45, 2.75) is 0 Å². The Morgan fingerprint density at radius 3 is 2.78 bits per heavy atom. The second-order valence-electron chi connectivity index (χ2n) is 4.63. The van der Waals surface area contributed by atoms with E-state index >= 15 is 0 Å². The maximum Gasteiger partial charge on any atom is 0.270 e. The van der Waals surface area contributed by atoms with Gasteiger partial charge < -0.3 is 0 Å². The number of anilines is 1. The minimum absolute atomic E-state index is 0.0366. The highest BCUT2D eigenvalue weighted by molar-refractivity contribution is 7.14. The number of benzene rings is 2. The number of nitrogens with one attached hydrogen (secondary N) is 1. The van der Waals surface area contributed by atoms with E-state index in [1.807, 2.05) is 35.7 Å². The smallest absolute Gasteiger partial charge is 0.258 e. The Labute approximate surface area is 136 Å². The Morgan fingerprint density at radius 1 is 1.17 bits per heavy atom. The van der Waals surface area contributed by atoms with E-state index < -0.39 is 4.92 Å². The number of hydrogen-bond acceptors (Lipinski definition) is 6. The fourth-order valence-corrected chi connectivity index (χ4v) is 2.62. The lowest BCUT2D eigenvalue weighted by molar-refractivity contribution is -0.384. The van der Waals surface area contributed by atoms with Gasteiger partial charge in [-0.2, -0.15) is 5.10 Å². The molecule has 0 unspecified atom stereocenters. The van der Waals surface area contributed by atoms with Crippen LogP contribution in [0, 0.1) is 10.1 Å². The molecule has 0 bridgehead atoms. The normalized spacial score (nSPS) is 10.8. The summed E-state index contributed by atoms with van der Waals surface area (Å²) in [5.41, 5.74) is 5.44. The van der Waals surface area contributed by atoms with Gasteiger partial charge in [-0.05, 0) is 0 Å². The highest BCUT2D eigenvalue weighted by atomic mass is 32.1. The molecule has 7 heteroatoms. The zero-order valence-electron chi connectivity index (χ0n) is 11.9. The van der Waals surface area contributed by atoms with Crippen LogP contribution < -0.4 is 5.43 Å². The van der Waals surface area contributed by atoms with E-state index in [0.29, 0.717) is 10.7 Å². The molecule has 1 N–H and O–H groups in total. The maximum absolute atomic E-state index is 10.7. The van der Waals surface area contributed by atoms with Gasteiger partial charge in [-0.1, -0.05) is 42.5 Å². The second-order valence-corrected chi connectivity index (χ2v) is 5.48. The molecule has 1 aromatic heterocycles. The largest absolute Gasteiger partial charge is 0.270 e. The molecule has 1 heterocycles. The SMILES string of the molecule is O=[N+]([O-])c1cccc(/C=N\Nc2nc(-c3ccccc3)cs2)c1. The topological polar surface area (TPSA) is 80.4 Å². The molecule has 3 aromatic rings. The number of rotatable bonds is 5. The molecule has 6 nitrogen and oxygen atoms in total. The predicted molar refractivity (Wildman–Crippen MR) is 91.9 cm³/mol. The number of nitro groups is 1. The van der Waals surface area contributed by atoms with Crippen LogP contribution in [-0.2, 0) is 0 Å². The van der Waals surface area contributed by atoms with E-state index in [9.17, 15) is 10.1 Å². The van der Waals surface area contributed by atoms with Crippen LogP contribution in [0.1, 0.15) is 5.56 Å². The van der Waals surface area contributed by atoms with Gasteiger partial charge >= 0.3 is 0 Å². The van der Waals surface area contributed by atoms with E-state index in [1.165, 1.54) is 29.7 Å². The fraction of sp³-hybridized carbons (Fsp3) is 0. The lowest BCUT2D eigenvalue weighted by Crippen LogP contribution is -1.92. The Bertz CT molecular complexity index is 846. The van der Waals surface area contributed by atoms with Crippen LogP contribution in [0.25, 0.3) is 11.3 Å². The summed E-state index contributed by atoms with van der Waals surface area (Å²) < 4.78 is 0. The van der Waals surface area contributed by atoms with Gasteiger partial charge in [0.25, 0.3) is 5.69 Å². The van der Waals surface area contributed by atoms with E-state index in [2.05, 4.69) is 15.5 Å². The first-order valence-corrected chi connectivity index (χ1v) is 7.65. The first-order valence-electron chi connectivity index (χ1n) is 6.77. The van der Waals surface area contributed by atoms with Crippen molar-refractivity contribution in [3.63, 3.8) is 0 Å². The lowest BCUT2D eigenvalue weighted by Gasteiger charge is -1.96. The Hall–Kier alpha value is -3.06.